The first-order valence-corrected chi connectivity index (χ1v) is 10.5. The first-order valence-electron chi connectivity index (χ1n) is 10.5. The normalized spacial score (nSPS) is 23.0. The fourth-order valence-corrected chi connectivity index (χ4v) is 5.39. The number of ether oxygens (including phenoxy) is 1. The fourth-order valence-electron chi connectivity index (χ4n) is 5.39. The Morgan fingerprint density at radius 2 is 2.06 bits per heavy atom. The highest BCUT2D eigenvalue weighted by Crippen LogP contribution is 2.45. The lowest BCUT2D eigenvalue weighted by molar-refractivity contribution is -0.172. The molecule has 3 aliphatic rings. The van der Waals surface area contributed by atoms with Gasteiger partial charge in [0.2, 0.25) is 0 Å². The zero-order valence-corrected chi connectivity index (χ0v) is 17.2. The van der Waals surface area contributed by atoms with E-state index in [9.17, 15) is 23.5 Å². The van der Waals surface area contributed by atoms with E-state index in [-0.39, 0.29) is 41.8 Å². The van der Waals surface area contributed by atoms with E-state index in [0.29, 0.717) is 40.7 Å². The second kappa shape index (κ2) is 6.20. The monoisotopic (exact) mass is 439 g/mol. The second-order valence-electron chi connectivity index (χ2n) is 8.65. The van der Waals surface area contributed by atoms with Crippen LogP contribution in [0.2, 0.25) is 0 Å². The Morgan fingerprint density at radius 3 is 2.81 bits per heavy atom. The van der Waals surface area contributed by atoms with Crippen LogP contribution < -0.4 is 11.3 Å². The third kappa shape index (κ3) is 2.22. The summed E-state index contributed by atoms with van der Waals surface area (Å²) < 4.78 is 35.4. The summed E-state index contributed by atoms with van der Waals surface area (Å²) in [6, 6.07) is 2.23. The number of nitrogens with two attached hydrogens (primary N) is 1. The largest absolute Gasteiger partial charge is 0.458 e. The lowest BCUT2D eigenvalue weighted by Crippen LogP contribution is -2.44. The van der Waals surface area contributed by atoms with E-state index in [1.807, 2.05) is 0 Å². The molecule has 0 unspecified atom stereocenters. The molecule has 32 heavy (non-hydrogen) atoms. The number of pyridine rings is 2. The van der Waals surface area contributed by atoms with Gasteiger partial charge in [0.1, 0.15) is 6.61 Å². The van der Waals surface area contributed by atoms with Gasteiger partial charge < -0.3 is 20.1 Å². The molecule has 0 bridgehead atoms. The number of benzene rings is 1. The van der Waals surface area contributed by atoms with E-state index >= 15 is 0 Å². The van der Waals surface area contributed by atoms with Crippen LogP contribution in [0.3, 0.4) is 0 Å². The van der Waals surface area contributed by atoms with Gasteiger partial charge in [-0.05, 0) is 30.9 Å². The SMILES string of the molecule is CC[C@@]1(O)C(=O)OCc2c1cc1n(c2=O)Cc2c-1nc1cc(F)c(F)c3c1c2[C@@H](N)CC3. The average Bonchev–Trinajstić information content (AvgIpc) is 3.14. The van der Waals surface area contributed by atoms with Crippen LogP contribution in [0.15, 0.2) is 16.9 Å². The van der Waals surface area contributed by atoms with Gasteiger partial charge in [-0.1, -0.05) is 6.92 Å². The standard InChI is InChI=1S/C23H19F2N3O4/c1-2-23(31)12-5-16-20-10(7-28(16)21(29)11(12)8-32-22(23)30)17-14(26)4-3-9-18(17)15(27-20)6-13(24)19(9)25/h5-6,14,31H,2-4,7-8,26H2,1H3/t14-,23-/m0/s1. The number of hydrogen-bond donors (Lipinski definition) is 2. The van der Waals surface area contributed by atoms with Crippen LogP contribution in [-0.2, 0) is 34.7 Å². The molecule has 4 heterocycles. The summed E-state index contributed by atoms with van der Waals surface area (Å²) in [6.45, 7) is 1.57. The molecular weight excluding hydrogens is 420 g/mol. The summed E-state index contributed by atoms with van der Waals surface area (Å²) in [6.07, 6.45) is 0.779. The minimum Gasteiger partial charge on any atom is -0.458 e. The Balaban J connectivity index is 1.70. The number of hydrogen-bond acceptors (Lipinski definition) is 6. The van der Waals surface area contributed by atoms with Crippen molar-refractivity contribution in [2.75, 3.05) is 0 Å². The van der Waals surface area contributed by atoms with Crippen molar-refractivity contribution in [1.82, 2.24) is 9.55 Å². The van der Waals surface area contributed by atoms with Gasteiger partial charge in [0.05, 0.1) is 29.0 Å². The molecule has 3 aromatic rings. The Kier molecular flexibility index (Phi) is 3.78. The predicted molar refractivity (Wildman–Crippen MR) is 110 cm³/mol. The molecule has 1 aromatic carbocycles. The lowest BCUT2D eigenvalue weighted by atomic mass is 9.83. The average molecular weight is 439 g/mol. The molecule has 0 amide bonds. The molecule has 0 spiro atoms. The summed E-state index contributed by atoms with van der Waals surface area (Å²) in [7, 11) is 0. The molecule has 3 N–H and O–H groups in total. The minimum absolute atomic E-state index is 0.0315. The second-order valence-corrected chi connectivity index (χ2v) is 8.65. The molecule has 0 saturated carbocycles. The maximum Gasteiger partial charge on any atom is 0.343 e. The topological polar surface area (TPSA) is 107 Å². The maximum atomic E-state index is 14.5. The molecule has 164 valence electrons. The van der Waals surface area contributed by atoms with E-state index in [2.05, 4.69) is 4.98 Å². The van der Waals surface area contributed by atoms with Crippen LogP contribution in [0.25, 0.3) is 22.3 Å². The number of cyclic esters (lactones) is 1. The number of esters is 1. The molecule has 2 aromatic heterocycles. The van der Waals surface area contributed by atoms with Gasteiger partial charge in [-0.15, -0.1) is 0 Å². The number of aromatic nitrogens is 2. The third-order valence-electron chi connectivity index (χ3n) is 7.09. The number of nitrogens with zero attached hydrogens (tertiary/aromatic N) is 2. The van der Waals surface area contributed by atoms with E-state index in [1.165, 1.54) is 4.57 Å². The van der Waals surface area contributed by atoms with Gasteiger partial charge >= 0.3 is 5.97 Å². The van der Waals surface area contributed by atoms with Gasteiger partial charge in [-0.25, -0.2) is 18.6 Å². The smallest absolute Gasteiger partial charge is 0.343 e. The van der Waals surface area contributed by atoms with Crippen molar-refractivity contribution in [2.45, 2.75) is 51.0 Å². The summed E-state index contributed by atoms with van der Waals surface area (Å²) in [4.78, 5) is 30.2. The number of halogens is 2. The highest BCUT2D eigenvalue weighted by molar-refractivity contribution is 5.92. The van der Waals surface area contributed by atoms with Crippen molar-refractivity contribution >= 4 is 16.9 Å². The van der Waals surface area contributed by atoms with Gasteiger partial charge in [0.25, 0.3) is 5.56 Å². The quantitative estimate of drug-likeness (QED) is 0.441. The number of aryl methyl sites for hydroxylation is 1. The van der Waals surface area contributed by atoms with E-state index < -0.39 is 34.8 Å². The molecule has 0 radical (unpaired) electrons. The van der Waals surface area contributed by atoms with Crippen molar-refractivity contribution < 1.29 is 23.4 Å². The van der Waals surface area contributed by atoms with Gasteiger partial charge in [0.15, 0.2) is 17.2 Å². The van der Waals surface area contributed by atoms with Crippen LogP contribution in [0.5, 0.6) is 0 Å². The molecule has 9 heteroatoms. The number of carbonyl (C=O) groups is 1. The Labute approximate surface area is 180 Å². The van der Waals surface area contributed by atoms with Crippen molar-refractivity contribution in [1.29, 1.82) is 0 Å². The highest BCUT2D eigenvalue weighted by atomic mass is 19.2. The van der Waals surface area contributed by atoms with Crippen LogP contribution in [0.1, 0.15) is 53.6 Å². The van der Waals surface area contributed by atoms with Crippen molar-refractivity contribution in [3.63, 3.8) is 0 Å². The van der Waals surface area contributed by atoms with Crippen LogP contribution >= 0.6 is 0 Å². The zero-order chi connectivity index (χ0) is 22.5. The minimum atomic E-state index is -1.94. The summed E-state index contributed by atoms with van der Waals surface area (Å²) in [5.74, 6) is -2.68. The predicted octanol–water partition coefficient (Wildman–Crippen LogP) is 2.30. The van der Waals surface area contributed by atoms with Gasteiger partial charge in [-0.2, -0.15) is 0 Å². The first kappa shape index (κ1) is 19.5. The lowest BCUT2D eigenvalue weighted by Gasteiger charge is -2.31. The number of fused-ring (bicyclic) bond motifs is 5. The molecular formula is C23H19F2N3O4. The summed E-state index contributed by atoms with van der Waals surface area (Å²) in [5.41, 5.74) is 7.21. The van der Waals surface area contributed by atoms with Crippen molar-refractivity contribution in [3.05, 3.63) is 61.9 Å². The number of rotatable bonds is 1. The molecule has 2 aliphatic heterocycles. The Bertz CT molecular complexity index is 1450. The first-order chi connectivity index (χ1) is 15.3. The Hall–Kier alpha value is -3.17. The molecule has 0 saturated heterocycles. The number of carbonyl (C=O) groups excluding carboxylic acids is 1. The summed E-state index contributed by atoms with van der Waals surface area (Å²) in [5, 5.41) is 11.5. The zero-order valence-electron chi connectivity index (χ0n) is 17.2. The molecule has 6 rings (SSSR count). The fraction of sp³-hybridized carbons (Fsp3) is 0.348. The molecule has 2 atom stereocenters. The molecule has 7 nitrogen and oxygen atoms in total. The van der Waals surface area contributed by atoms with E-state index in [1.54, 1.807) is 13.0 Å². The van der Waals surface area contributed by atoms with Gasteiger partial charge in [-0.3, -0.25) is 4.79 Å². The third-order valence-corrected chi connectivity index (χ3v) is 7.09. The highest BCUT2D eigenvalue weighted by Gasteiger charge is 2.45. The van der Waals surface area contributed by atoms with Gasteiger partial charge in [0, 0.05) is 34.2 Å². The van der Waals surface area contributed by atoms with Crippen molar-refractivity contribution in [2.24, 2.45) is 5.73 Å². The van der Waals surface area contributed by atoms with E-state index in [4.69, 9.17) is 10.5 Å². The molecule has 1 aliphatic carbocycles. The summed E-state index contributed by atoms with van der Waals surface area (Å²) >= 11 is 0. The van der Waals surface area contributed by atoms with Crippen LogP contribution in [-0.4, -0.2) is 20.6 Å². The van der Waals surface area contributed by atoms with E-state index in [0.717, 1.165) is 6.07 Å². The van der Waals surface area contributed by atoms with Crippen molar-refractivity contribution in [3.8, 4) is 11.4 Å². The van der Waals surface area contributed by atoms with Crippen LogP contribution in [0.4, 0.5) is 8.78 Å². The maximum absolute atomic E-state index is 14.5. The van der Waals surface area contributed by atoms with Crippen LogP contribution in [0, 0.1) is 11.6 Å². The molecule has 0 fully saturated rings. The number of aliphatic hydroxyl groups is 1. The Morgan fingerprint density at radius 1 is 1.28 bits per heavy atom.